The lowest BCUT2D eigenvalue weighted by Gasteiger charge is -2.18. The van der Waals surface area contributed by atoms with Crippen LogP contribution in [0, 0.1) is 3.57 Å². The molecule has 2 aromatic rings. The maximum atomic E-state index is 4.23. The first-order valence-electron chi connectivity index (χ1n) is 6.15. The number of aryl methyl sites for hydroxylation is 1. The van der Waals surface area contributed by atoms with Crippen LogP contribution < -0.4 is 5.32 Å². The van der Waals surface area contributed by atoms with Crippen molar-refractivity contribution in [1.29, 1.82) is 0 Å². The molecule has 0 aliphatic heterocycles. The van der Waals surface area contributed by atoms with Crippen LogP contribution in [0.5, 0.6) is 0 Å². The van der Waals surface area contributed by atoms with Gasteiger partial charge in [0.1, 0.15) is 0 Å². The average molecular weight is 355 g/mol. The SMILES string of the molecule is CCNC(Cc1cnn(C)c1)c1cccc(I)c1. The van der Waals surface area contributed by atoms with Gasteiger partial charge in [-0.15, -0.1) is 0 Å². The Morgan fingerprint density at radius 2 is 2.28 bits per heavy atom. The van der Waals surface area contributed by atoms with Crippen molar-refractivity contribution < 1.29 is 0 Å². The van der Waals surface area contributed by atoms with Crippen molar-refractivity contribution in [3.05, 3.63) is 51.4 Å². The van der Waals surface area contributed by atoms with Crippen LogP contribution in [0.2, 0.25) is 0 Å². The van der Waals surface area contributed by atoms with Crippen molar-refractivity contribution >= 4 is 22.6 Å². The molecule has 0 aliphatic carbocycles. The molecule has 4 heteroatoms. The van der Waals surface area contributed by atoms with Crippen molar-refractivity contribution in [3.8, 4) is 0 Å². The number of hydrogen-bond donors (Lipinski definition) is 1. The minimum atomic E-state index is 0.355. The zero-order valence-corrected chi connectivity index (χ0v) is 12.9. The van der Waals surface area contributed by atoms with Crippen molar-refractivity contribution in [2.45, 2.75) is 19.4 Å². The molecule has 0 amide bonds. The number of hydrogen-bond acceptors (Lipinski definition) is 2. The Labute approximate surface area is 122 Å². The molecule has 1 unspecified atom stereocenters. The van der Waals surface area contributed by atoms with Gasteiger partial charge in [0.05, 0.1) is 6.20 Å². The standard InChI is InChI=1S/C14H18IN3/c1-3-16-14(7-11-9-17-18(2)10-11)12-5-4-6-13(15)8-12/h4-6,8-10,14,16H,3,7H2,1-2H3. The van der Waals surface area contributed by atoms with Gasteiger partial charge in [0.15, 0.2) is 0 Å². The highest BCUT2D eigenvalue weighted by atomic mass is 127. The molecule has 0 fully saturated rings. The number of nitrogens with zero attached hydrogens (tertiary/aromatic N) is 2. The number of halogens is 1. The van der Waals surface area contributed by atoms with E-state index in [0.717, 1.165) is 13.0 Å². The molecule has 3 nitrogen and oxygen atoms in total. The van der Waals surface area contributed by atoms with E-state index in [-0.39, 0.29) is 0 Å². The number of rotatable bonds is 5. The maximum Gasteiger partial charge on any atom is 0.0522 e. The minimum Gasteiger partial charge on any atom is -0.310 e. The molecule has 0 saturated heterocycles. The van der Waals surface area contributed by atoms with Crippen molar-refractivity contribution in [2.75, 3.05) is 6.54 Å². The van der Waals surface area contributed by atoms with Gasteiger partial charge in [0.2, 0.25) is 0 Å². The summed E-state index contributed by atoms with van der Waals surface area (Å²) in [6.07, 6.45) is 5.00. The lowest BCUT2D eigenvalue weighted by atomic mass is 10.0. The molecule has 0 spiro atoms. The first-order chi connectivity index (χ1) is 8.69. The Hall–Kier alpha value is -0.880. The molecule has 2 rings (SSSR count). The molecule has 0 bridgehead atoms. The van der Waals surface area contributed by atoms with Crippen molar-refractivity contribution in [2.24, 2.45) is 7.05 Å². The number of benzene rings is 1. The van der Waals surface area contributed by atoms with E-state index in [1.54, 1.807) is 0 Å². The van der Waals surface area contributed by atoms with E-state index >= 15 is 0 Å². The molecule has 0 saturated carbocycles. The van der Waals surface area contributed by atoms with Crippen LogP contribution in [0.3, 0.4) is 0 Å². The predicted molar refractivity (Wildman–Crippen MR) is 82.5 cm³/mol. The normalized spacial score (nSPS) is 12.6. The Balaban J connectivity index is 2.17. The Bertz CT molecular complexity index is 507. The van der Waals surface area contributed by atoms with Crippen LogP contribution >= 0.6 is 22.6 Å². The topological polar surface area (TPSA) is 29.9 Å². The van der Waals surface area contributed by atoms with E-state index in [2.05, 4.69) is 70.4 Å². The van der Waals surface area contributed by atoms with Crippen LogP contribution in [-0.2, 0) is 13.5 Å². The highest BCUT2D eigenvalue weighted by Gasteiger charge is 2.12. The molecule has 0 aliphatic rings. The Kier molecular flexibility index (Phi) is 4.77. The fourth-order valence-corrected chi connectivity index (χ4v) is 2.66. The van der Waals surface area contributed by atoms with Crippen LogP contribution in [-0.4, -0.2) is 16.3 Å². The highest BCUT2D eigenvalue weighted by molar-refractivity contribution is 14.1. The third-order valence-corrected chi connectivity index (χ3v) is 3.57. The van der Waals surface area contributed by atoms with Gasteiger partial charge in [-0.3, -0.25) is 4.68 Å². The van der Waals surface area contributed by atoms with E-state index in [0.29, 0.717) is 6.04 Å². The number of likely N-dealkylation sites (N-methyl/N-ethyl adjacent to an activating group) is 1. The molecule has 1 heterocycles. The lowest BCUT2D eigenvalue weighted by molar-refractivity contribution is 0.549. The second kappa shape index (κ2) is 6.33. The summed E-state index contributed by atoms with van der Waals surface area (Å²) in [5, 5.41) is 7.77. The highest BCUT2D eigenvalue weighted by Crippen LogP contribution is 2.20. The van der Waals surface area contributed by atoms with Crippen molar-refractivity contribution in [3.63, 3.8) is 0 Å². The molecule has 0 radical (unpaired) electrons. The fraction of sp³-hybridized carbons (Fsp3) is 0.357. The number of aromatic nitrogens is 2. The van der Waals surface area contributed by atoms with Gasteiger partial charge in [-0.05, 0) is 58.8 Å². The first kappa shape index (κ1) is 13.5. The molecule has 1 aromatic heterocycles. The molecule has 18 heavy (non-hydrogen) atoms. The summed E-state index contributed by atoms with van der Waals surface area (Å²) in [4.78, 5) is 0. The summed E-state index contributed by atoms with van der Waals surface area (Å²) in [5.74, 6) is 0. The summed E-state index contributed by atoms with van der Waals surface area (Å²) < 4.78 is 3.13. The minimum absolute atomic E-state index is 0.355. The second-order valence-corrected chi connectivity index (χ2v) is 5.64. The van der Waals surface area contributed by atoms with Gasteiger partial charge in [-0.1, -0.05) is 19.1 Å². The summed E-state index contributed by atoms with van der Waals surface area (Å²) in [5.41, 5.74) is 2.61. The second-order valence-electron chi connectivity index (χ2n) is 4.39. The van der Waals surface area contributed by atoms with E-state index in [4.69, 9.17) is 0 Å². The van der Waals surface area contributed by atoms with E-state index < -0.39 is 0 Å². The lowest BCUT2D eigenvalue weighted by Crippen LogP contribution is -2.22. The van der Waals surface area contributed by atoms with E-state index in [1.165, 1.54) is 14.7 Å². The smallest absolute Gasteiger partial charge is 0.0522 e. The largest absolute Gasteiger partial charge is 0.310 e. The zero-order chi connectivity index (χ0) is 13.0. The van der Waals surface area contributed by atoms with E-state index in [9.17, 15) is 0 Å². The summed E-state index contributed by atoms with van der Waals surface area (Å²) in [7, 11) is 1.96. The molecule has 1 N–H and O–H groups in total. The summed E-state index contributed by atoms with van der Waals surface area (Å²) in [6.45, 7) is 3.11. The third-order valence-electron chi connectivity index (χ3n) is 2.90. The van der Waals surface area contributed by atoms with Crippen LogP contribution in [0.4, 0.5) is 0 Å². The van der Waals surface area contributed by atoms with E-state index in [1.807, 2.05) is 17.9 Å². The van der Waals surface area contributed by atoms with Gasteiger partial charge >= 0.3 is 0 Å². The quantitative estimate of drug-likeness (QED) is 0.836. The maximum absolute atomic E-state index is 4.23. The van der Waals surface area contributed by atoms with Gasteiger partial charge in [-0.2, -0.15) is 5.10 Å². The molecular weight excluding hydrogens is 337 g/mol. The van der Waals surface area contributed by atoms with Gasteiger partial charge in [0, 0.05) is 22.9 Å². The monoisotopic (exact) mass is 355 g/mol. The molecule has 1 atom stereocenters. The first-order valence-corrected chi connectivity index (χ1v) is 7.23. The average Bonchev–Trinajstić information content (AvgIpc) is 2.74. The van der Waals surface area contributed by atoms with Crippen LogP contribution in [0.15, 0.2) is 36.7 Å². The molecular formula is C14H18IN3. The molecule has 96 valence electrons. The van der Waals surface area contributed by atoms with Gasteiger partial charge < -0.3 is 5.32 Å². The molecule has 1 aromatic carbocycles. The van der Waals surface area contributed by atoms with Crippen LogP contribution in [0.1, 0.15) is 24.1 Å². The summed E-state index contributed by atoms with van der Waals surface area (Å²) >= 11 is 2.36. The summed E-state index contributed by atoms with van der Waals surface area (Å²) in [6, 6.07) is 9.02. The third kappa shape index (κ3) is 3.55. The Morgan fingerprint density at radius 1 is 1.44 bits per heavy atom. The van der Waals surface area contributed by atoms with Gasteiger partial charge in [0.25, 0.3) is 0 Å². The zero-order valence-electron chi connectivity index (χ0n) is 10.7. The van der Waals surface area contributed by atoms with Gasteiger partial charge in [-0.25, -0.2) is 0 Å². The predicted octanol–water partition coefficient (Wildman–Crippen LogP) is 2.92. The van der Waals surface area contributed by atoms with Crippen LogP contribution in [0.25, 0.3) is 0 Å². The number of nitrogens with one attached hydrogen (secondary N) is 1. The fourth-order valence-electron chi connectivity index (χ4n) is 2.09. The Morgan fingerprint density at radius 3 is 2.89 bits per heavy atom. The van der Waals surface area contributed by atoms with Crippen molar-refractivity contribution in [1.82, 2.24) is 15.1 Å².